The molecule has 0 saturated carbocycles. The van der Waals surface area contributed by atoms with Gasteiger partial charge in [0.05, 0.1) is 0 Å². The van der Waals surface area contributed by atoms with Gasteiger partial charge >= 0.3 is 23.9 Å². The molecule has 2 aromatic carbocycles. The summed E-state index contributed by atoms with van der Waals surface area (Å²) in [5, 5.41) is 27.2. The molecule has 0 spiro atoms. The highest BCUT2D eigenvalue weighted by Gasteiger charge is 2.47. The van der Waals surface area contributed by atoms with Gasteiger partial charge in [0.2, 0.25) is 9.92 Å². The fourth-order valence-corrected chi connectivity index (χ4v) is 6.97. The summed E-state index contributed by atoms with van der Waals surface area (Å²) >= 11 is 14.1. The minimum atomic E-state index is -1.63. The second-order valence-corrected chi connectivity index (χ2v) is 13.4. The predicted molar refractivity (Wildman–Crippen MR) is 178 cm³/mol. The van der Waals surface area contributed by atoms with Crippen LogP contribution in [0.15, 0.2) is 48.5 Å². The molecule has 0 aliphatic rings. The fourth-order valence-electron chi connectivity index (χ4n) is 4.91. The molecule has 6 rings (SSSR count). The highest BCUT2D eigenvalue weighted by Crippen LogP contribution is 2.39. The zero-order chi connectivity index (χ0) is 35.7. The largest absolute Gasteiger partial charge is 0.454 e. The van der Waals surface area contributed by atoms with Crippen molar-refractivity contribution in [3.8, 4) is 22.8 Å². The molecule has 16 nitrogen and oxygen atoms in total. The third kappa shape index (κ3) is 7.42. The molecular formula is C30H24Cl2N8O8S2. The summed E-state index contributed by atoms with van der Waals surface area (Å²) in [5.41, 5.74) is 1.27. The molecule has 0 radical (unpaired) electrons. The lowest BCUT2D eigenvalue weighted by Crippen LogP contribution is -2.45. The Hall–Kier alpha value is -5.04. The highest BCUT2D eigenvalue weighted by atomic mass is 35.5. The molecule has 0 bridgehead atoms. The van der Waals surface area contributed by atoms with Crippen molar-refractivity contribution in [1.29, 1.82) is 0 Å². The van der Waals surface area contributed by atoms with Crippen LogP contribution in [0.2, 0.25) is 10.0 Å². The summed E-state index contributed by atoms with van der Waals surface area (Å²) in [4.78, 5) is 51.0. The zero-order valence-corrected chi connectivity index (χ0v) is 29.5. The second-order valence-electron chi connectivity index (χ2n) is 10.5. The van der Waals surface area contributed by atoms with E-state index in [9.17, 15) is 19.2 Å². The van der Waals surface area contributed by atoms with Crippen molar-refractivity contribution in [2.24, 2.45) is 0 Å². The molecular weight excluding hydrogens is 735 g/mol. The number of carbonyl (C=O) groups excluding carboxylic acids is 4. The standard InChI is InChI=1S/C30H24Cl2N8O8S2/c1-13(41)45-21(23(47-15(3)43)27-37-39-25(33-35-29(39)49-27)17-5-9-19(31)10-6-17)22(46-14(2)42)24(48-16(4)44)28-38-40-26(34-36-30(40)50-28)18-7-11-20(32)12-8-18/h5-12,21-24H,1-4H3/t21-,22+,23+,24-. The first kappa shape index (κ1) is 34.8. The van der Waals surface area contributed by atoms with Gasteiger partial charge in [-0.25, -0.2) is 0 Å². The normalized spacial score (nSPS) is 13.8. The van der Waals surface area contributed by atoms with Crippen LogP contribution in [0.5, 0.6) is 0 Å². The molecule has 0 amide bonds. The van der Waals surface area contributed by atoms with Crippen LogP contribution in [-0.2, 0) is 38.1 Å². The predicted octanol–water partition coefficient (Wildman–Crippen LogP) is 5.10. The van der Waals surface area contributed by atoms with Crippen LogP contribution in [0.3, 0.4) is 0 Å². The second kappa shape index (κ2) is 14.4. The Balaban J connectivity index is 1.47. The van der Waals surface area contributed by atoms with Gasteiger partial charge in [-0.1, -0.05) is 45.9 Å². The number of rotatable bonds is 11. The van der Waals surface area contributed by atoms with Crippen molar-refractivity contribution in [1.82, 2.24) is 39.6 Å². The van der Waals surface area contributed by atoms with E-state index in [0.29, 0.717) is 42.7 Å². The smallest absolute Gasteiger partial charge is 0.303 e. The Morgan fingerprint density at radius 3 is 1.22 bits per heavy atom. The number of aromatic nitrogens is 8. The topological polar surface area (TPSA) is 191 Å². The average Bonchev–Trinajstić information content (AvgIpc) is 3.83. The van der Waals surface area contributed by atoms with E-state index in [1.165, 1.54) is 9.03 Å². The Morgan fingerprint density at radius 1 is 0.560 bits per heavy atom. The van der Waals surface area contributed by atoms with Crippen molar-refractivity contribution in [3.63, 3.8) is 0 Å². The monoisotopic (exact) mass is 758 g/mol. The van der Waals surface area contributed by atoms with Gasteiger partial charge < -0.3 is 18.9 Å². The van der Waals surface area contributed by atoms with Gasteiger partial charge in [-0.3, -0.25) is 19.2 Å². The summed E-state index contributed by atoms with van der Waals surface area (Å²) in [6.45, 7) is 4.51. The third-order valence-corrected chi connectivity index (χ3v) is 9.24. The Morgan fingerprint density at radius 2 is 0.900 bits per heavy atom. The number of esters is 4. The number of benzene rings is 2. The molecule has 6 aromatic rings. The van der Waals surface area contributed by atoms with Gasteiger partial charge in [0, 0.05) is 48.9 Å². The van der Waals surface area contributed by atoms with Gasteiger partial charge in [0.15, 0.2) is 46.1 Å². The van der Waals surface area contributed by atoms with Gasteiger partial charge in [-0.2, -0.15) is 19.2 Å². The SMILES string of the molecule is CC(=O)O[C@H]([C@H](OC(C)=O)[C@@H](OC(C)=O)c1nn2c(-c3ccc(Cl)cc3)nnc2s1)[C@H](OC(C)=O)c1nn2c(-c3ccc(Cl)cc3)nnc2s1. The van der Waals surface area contributed by atoms with Crippen LogP contribution >= 0.6 is 45.9 Å². The van der Waals surface area contributed by atoms with Crippen LogP contribution in [-0.4, -0.2) is 75.7 Å². The van der Waals surface area contributed by atoms with Crippen LogP contribution in [0, 0.1) is 0 Å². The number of nitrogens with zero attached hydrogens (tertiary/aromatic N) is 8. The van der Waals surface area contributed by atoms with Gasteiger partial charge in [0.1, 0.15) is 0 Å². The Bertz CT molecular complexity index is 2060. The first-order valence-electron chi connectivity index (χ1n) is 14.5. The van der Waals surface area contributed by atoms with Gasteiger partial charge in [-0.15, -0.1) is 20.4 Å². The summed E-state index contributed by atoms with van der Waals surface area (Å²) in [6.07, 6.45) is -6.26. The number of carbonyl (C=O) groups is 4. The molecule has 0 aliphatic carbocycles. The average molecular weight is 760 g/mol. The lowest BCUT2D eigenvalue weighted by atomic mass is 10.0. The van der Waals surface area contributed by atoms with Crippen LogP contribution in [0.1, 0.15) is 49.9 Å². The van der Waals surface area contributed by atoms with E-state index < -0.39 is 48.3 Å². The molecule has 0 saturated heterocycles. The molecule has 4 aromatic heterocycles. The summed E-state index contributed by atoms with van der Waals surface area (Å²) < 4.78 is 25.7. The minimum absolute atomic E-state index is 0.0912. The number of fused-ring (bicyclic) bond motifs is 2. The molecule has 50 heavy (non-hydrogen) atoms. The molecule has 20 heteroatoms. The summed E-state index contributed by atoms with van der Waals surface area (Å²) in [7, 11) is 0. The molecule has 258 valence electrons. The van der Waals surface area contributed by atoms with E-state index in [-0.39, 0.29) is 10.0 Å². The highest BCUT2D eigenvalue weighted by molar-refractivity contribution is 7.17. The molecule has 0 fully saturated rings. The quantitative estimate of drug-likeness (QED) is 0.125. The Labute approximate surface area is 299 Å². The molecule has 0 N–H and O–H groups in total. The summed E-state index contributed by atoms with van der Waals surface area (Å²) in [5.74, 6) is -2.55. The van der Waals surface area contributed by atoms with Crippen LogP contribution in [0.25, 0.3) is 32.7 Å². The van der Waals surface area contributed by atoms with E-state index in [1.54, 1.807) is 48.5 Å². The van der Waals surface area contributed by atoms with Gasteiger partial charge in [0.25, 0.3) is 0 Å². The zero-order valence-electron chi connectivity index (χ0n) is 26.3. The number of hydrogen-bond acceptors (Lipinski definition) is 16. The third-order valence-electron chi connectivity index (χ3n) is 6.82. The molecule has 4 atom stereocenters. The van der Waals surface area contributed by atoms with Gasteiger partial charge in [-0.05, 0) is 48.5 Å². The maximum absolute atomic E-state index is 12.6. The molecule has 4 heterocycles. The van der Waals surface area contributed by atoms with Crippen LogP contribution in [0.4, 0.5) is 0 Å². The van der Waals surface area contributed by atoms with Crippen LogP contribution < -0.4 is 0 Å². The van der Waals surface area contributed by atoms with E-state index in [4.69, 9.17) is 42.1 Å². The van der Waals surface area contributed by atoms with E-state index in [0.717, 1.165) is 50.4 Å². The first-order valence-corrected chi connectivity index (χ1v) is 16.9. The number of hydrogen-bond donors (Lipinski definition) is 0. The van der Waals surface area contributed by atoms with Crippen molar-refractivity contribution in [2.45, 2.75) is 52.1 Å². The number of ether oxygens (including phenoxy) is 4. The van der Waals surface area contributed by atoms with Crippen molar-refractivity contribution in [3.05, 3.63) is 68.6 Å². The number of halogens is 2. The van der Waals surface area contributed by atoms with E-state index in [1.807, 2.05) is 0 Å². The fraction of sp³-hybridized carbons (Fsp3) is 0.267. The maximum atomic E-state index is 12.6. The first-order chi connectivity index (χ1) is 23.9. The Kier molecular flexibility index (Phi) is 10.1. The van der Waals surface area contributed by atoms with Crippen molar-refractivity contribution in [2.75, 3.05) is 0 Å². The van der Waals surface area contributed by atoms with E-state index in [2.05, 4.69) is 30.6 Å². The summed E-state index contributed by atoms with van der Waals surface area (Å²) in [6, 6.07) is 13.6. The maximum Gasteiger partial charge on any atom is 0.303 e. The lowest BCUT2D eigenvalue weighted by molar-refractivity contribution is -0.200. The lowest BCUT2D eigenvalue weighted by Gasteiger charge is -2.33. The molecule has 0 unspecified atom stereocenters. The molecule has 0 aliphatic heterocycles. The van der Waals surface area contributed by atoms with Crippen molar-refractivity contribution < 1.29 is 38.1 Å². The van der Waals surface area contributed by atoms with E-state index >= 15 is 0 Å². The van der Waals surface area contributed by atoms with Crippen molar-refractivity contribution >= 4 is 79.7 Å². The minimum Gasteiger partial charge on any atom is -0.454 e.